The molecule has 0 aliphatic heterocycles. The van der Waals surface area contributed by atoms with E-state index in [4.69, 9.17) is 4.98 Å². The molecule has 0 radical (unpaired) electrons. The van der Waals surface area contributed by atoms with Crippen molar-refractivity contribution in [3.8, 4) is 21.3 Å². The first kappa shape index (κ1) is 16.4. The summed E-state index contributed by atoms with van der Waals surface area (Å²) in [5.41, 5.74) is 4.10. The zero-order valence-electron chi connectivity index (χ0n) is 14.7. The van der Waals surface area contributed by atoms with Gasteiger partial charge < -0.3 is 0 Å². The van der Waals surface area contributed by atoms with Crippen molar-refractivity contribution < 1.29 is 4.39 Å². The van der Waals surface area contributed by atoms with Crippen molar-refractivity contribution in [1.29, 1.82) is 0 Å². The molecule has 0 N–H and O–H groups in total. The molecule has 0 atom stereocenters. The molecule has 3 aromatic carbocycles. The van der Waals surface area contributed by atoms with Gasteiger partial charge in [0.1, 0.15) is 0 Å². The van der Waals surface area contributed by atoms with E-state index in [9.17, 15) is 4.39 Å². The Morgan fingerprint density at radius 1 is 0.852 bits per heavy atom. The van der Waals surface area contributed by atoms with Crippen LogP contribution in [0.25, 0.3) is 41.7 Å². The summed E-state index contributed by atoms with van der Waals surface area (Å²) in [6.45, 7) is 2.14. The van der Waals surface area contributed by atoms with Gasteiger partial charge in [-0.25, -0.2) is 0 Å². The van der Waals surface area contributed by atoms with Crippen LogP contribution in [0.4, 0.5) is 4.39 Å². The molecule has 27 heavy (non-hydrogen) atoms. The number of hydrogen-bond acceptors (Lipinski definition) is 1. The number of rotatable bonds is 2. The van der Waals surface area contributed by atoms with E-state index in [0.717, 1.165) is 21.1 Å². The van der Waals surface area contributed by atoms with E-state index < -0.39 is 0 Å². The van der Waals surface area contributed by atoms with Crippen molar-refractivity contribution >= 4 is 34.9 Å². The third-order valence-electron chi connectivity index (χ3n) is 4.92. The predicted octanol–water partition coefficient (Wildman–Crippen LogP) is 6.23. The van der Waals surface area contributed by atoms with Gasteiger partial charge >= 0.3 is 163 Å². The Kier molecular flexibility index (Phi) is 3.93. The summed E-state index contributed by atoms with van der Waals surface area (Å²) >= 11 is 0.0284. The Labute approximate surface area is 162 Å². The van der Waals surface area contributed by atoms with Crippen molar-refractivity contribution in [3.63, 3.8) is 0 Å². The fourth-order valence-electron chi connectivity index (χ4n) is 3.60. The van der Waals surface area contributed by atoms with Crippen LogP contribution < -0.4 is 0 Å². The number of halogens is 1. The molecule has 2 aromatic heterocycles. The second-order valence-electron chi connectivity index (χ2n) is 6.68. The van der Waals surface area contributed by atoms with Crippen molar-refractivity contribution in [2.75, 3.05) is 0 Å². The number of aromatic nitrogens is 1. The fraction of sp³-hybridized carbons (Fsp3) is 0.0417. The Morgan fingerprint density at radius 3 is 2.56 bits per heavy atom. The van der Waals surface area contributed by atoms with Gasteiger partial charge in [0, 0.05) is 0 Å². The molecular weight excluding hydrogens is 400 g/mol. The molecule has 5 rings (SSSR count). The van der Waals surface area contributed by atoms with Crippen molar-refractivity contribution in [3.05, 3.63) is 90.4 Å². The minimum absolute atomic E-state index is 0.0284. The van der Waals surface area contributed by atoms with E-state index in [1.165, 1.54) is 26.7 Å². The molecule has 0 saturated heterocycles. The van der Waals surface area contributed by atoms with E-state index >= 15 is 0 Å². The molecule has 0 saturated carbocycles. The van der Waals surface area contributed by atoms with Crippen LogP contribution in [0.2, 0.25) is 0 Å². The summed E-state index contributed by atoms with van der Waals surface area (Å²) in [5.74, 6) is -0.158. The van der Waals surface area contributed by atoms with Crippen LogP contribution in [-0.2, 0) is 0 Å². The van der Waals surface area contributed by atoms with Crippen LogP contribution in [0.3, 0.4) is 0 Å². The molecule has 0 fully saturated rings. The Morgan fingerprint density at radius 2 is 1.67 bits per heavy atom. The van der Waals surface area contributed by atoms with Crippen LogP contribution in [0.15, 0.2) is 79.0 Å². The zero-order chi connectivity index (χ0) is 18.4. The standard InChI is InChI=1S/C24H16FNSe/c1-15-12-18(13-16-6-2-3-7-19(15)16)23-24-17(10-11-26-23)14-22(27-24)20-8-4-5-9-21(20)25/h2-14H,1H3. The SMILES string of the molecule is Cc1cc(-c2nccc3cc(-c4ccccc4F)[se]c23)cc2ccccc12. The number of nitrogens with zero attached hydrogens (tertiary/aromatic N) is 1. The number of hydrogen-bond donors (Lipinski definition) is 0. The summed E-state index contributed by atoms with van der Waals surface area (Å²) in [6, 6.07) is 24.0. The van der Waals surface area contributed by atoms with Gasteiger partial charge in [-0.1, -0.05) is 0 Å². The molecule has 0 amide bonds. The third-order valence-corrected chi connectivity index (χ3v) is 7.41. The van der Waals surface area contributed by atoms with Crippen LogP contribution in [0, 0.1) is 12.7 Å². The van der Waals surface area contributed by atoms with E-state index in [1.807, 2.05) is 24.4 Å². The maximum atomic E-state index is 14.3. The van der Waals surface area contributed by atoms with E-state index in [1.54, 1.807) is 6.07 Å². The predicted molar refractivity (Wildman–Crippen MR) is 112 cm³/mol. The van der Waals surface area contributed by atoms with Crippen LogP contribution in [0.1, 0.15) is 5.56 Å². The first-order chi connectivity index (χ1) is 13.2. The van der Waals surface area contributed by atoms with Crippen LogP contribution in [0.5, 0.6) is 0 Å². The van der Waals surface area contributed by atoms with Gasteiger partial charge in [-0.3, -0.25) is 0 Å². The molecule has 0 aliphatic rings. The van der Waals surface area contributed by atoms with Crippen LogP contribution in [-0.4, -0.2) is 19.5 Å². The fourth-order valence-corrected chi connectivity index (χ4v) is 6.11. The minimum atomic E-state index is -0.158. The molecular formula is C24H16FNSe. The molecule has 3 heteroatoms. The van der Waals surface area contributed by atoms with E-state index in [2.05, 4.69) is 49.4 Å². The quantitative estimate of drug-likeness (QED) is 0.311. The Hall–Kier alpha value is -2.74. The first-order valence-electron chi connectivity index (χ1n) is 8.84. The summed E-state index contributed by atoms with van der Waals surface area (Å²) in [7, 11) is 0. The average molecular weight is 416 g/mol. The van der Waals surface area contributed by atoms with Gasteiger partial charge in [0.05, 0.1) is 0 Å². The summed E-state index contributed by atoms with van der Waals surface area (Å²) in [4.78, 5) is 4.71. The number of fused-ring (bicyclic) bond motifs is 2. The van der Waals surface area contributed by atoms with Crippen LogP contribution >= 0.6 is 0 Å². The average Bonchev–Trinajstić information content (AvgIpc) is 3.12. The van der Waals surface area contributed by atoms with Gasteiger partial charge in [0.15, 0.2) is 0 Å². The maximum absolute atomic E-state index is 14.3. The van der Waals surface area contributed by atoms with Crippen molar-refractivity contribution in [1.82, 2.24) is 4.98 Å². The second kappa shape index (κ2) is 6.45. The molecule has 130 valence electrons. The third kappa shape index (κ3) is 2.80. The number of pyridine rings is 1. The molecule has 2 heterocycles. The zero-order valence-corrected chi connectivity index (χ0v) is 16.5. The molecule has 0 bridgehead atoms. The monoisotopic (exact) mass is 417 g/mol. The molecule has 5 aromatic rings. The van der Waals surface area contributed by atoms with Gasteiger partial charge in [-0.15, -0.1) is 0 Å². The molecule has 1 nitrogen and oxygen atoms in total. The van der Waals surface area contributed by atoms with Gasteiger partial charge in [0.2, 0.25) is 0 Å². The molecule has 0 unspecified atom stereocenters. The Balaban J connectivity index is 1.74. The topological polar surface area (TPSA) is 12.9 Å². The Bertz CT molecular complexity index is 1300. The van der Waals surface area contributed by atoms with E-state index in [0.29, 0.717) is 5.56 Å². The molecule has 0 spiro atoms. The number of aryl methyl sites for hydroxylation is 1. The number of benzene rings is 3. The normalized spacial score (nSPS) is 11.3. The first-order valence-corrected chi connectivity index (χ1v) is 10.6. The van der Waals surface area contributed by atoms with Crippen molar-refractivity contribution in [2.24, 2.45) is 0 Å². The van der Waals surface area contributed by atoms with Crippen molar-refractivity contribution in [2.45, 2.75) is 6.92 Å². The van der Waals surface area contributed by atoms with Gasteiger partial charge in [0.25, 0.3) is 0 Å². The second-order valence-corrected chi connectivity index (χ2v) is 8.89. The summed E-state index contributed by atoms with van der Waals surface area (Å²) in [6.07, 6.45) is 1.86. The van der Waals surface area contributed by atoms with Gasteiger partial charge in [-0.2, -0.15) is 0 Å². The summed E-state index contributed by atoms with van der Waals surface area (Å²) in [5, 5.41) is 3.65. The van der Waals surface area contributed by atoms with E-state index in [-0.39, 0.29) is 20.3 Å². The molecule has 0 aliphatic carbocycles. The summed E-state index contributed by atoms with van der Waals surface area (Å²) < 4.78 is 16.6. The van der Waals surface area contributed by atoms with Gasteiger partial charge in [-0.05, 0) is 0 Å².